The molecule has 0 aliphatic carbocycles. The van der Waals surface area contributed by atoms with E-state index < -0.39 is 5.97 Å². The molecule has 5 heteroatoms. The first-order chi connectivity index (χ1) is 8.29. The smallest absolute Gasteiger partial charge is 0.303 e. The average molecular weight is 275 g/mol. The predicted molar refractivity (Wildman–Crippen MR) is 74.0 cm³/mol. The van der Waals surface area contributed by atoms with Crippen LogP contribution in [0.3, 0.4) is 0 Å². The van der Waals surface area contributed by atoms with Crippen LogP contribution in [0.5, 0.6) is 0 Å². The van der Waals surface area contributed by atoms with Crippen molar-refractivity contribution in [2.24, 2.45) is 0 Å². The first-order valence-electron chi connectivity index (χ1n) is 6.46. The topological polar surface area (TPSA) is 55.1 Å². The molecule has 0 bridgehead atoms. The Kier molecular flexibility index (Phi) is 10.4. The van der Waals surface area contributed by atoms with Crippen LogP contribution in [0, 0.1) is 0 Å². The molecule has 1 rings (SSSR count). The first kappa shape index (κ1) is 17.0. The van der Waals surface area contributed by atoms with Gasteiger partial charge < -0.3 is 9.67 Å². The van der Waals surface area contributed by atoms with Gasteiger partial charge in [-0.2, -0.15) is 0 Å². The van der Waals surface area contributed by atoms with Gasteiger partial charge in [0.1, 0.15) is 0 Å². The van der Waals surface area contributed by atoms with Crippen molar-refractivity contribution >= 4 is 18.4 Å². The lowest BCUT2D eigenvalue weighted by molar-refractivity contribution is -0.137. The molecule has 0 radical (unpaired) electrons. The van der Waals surface area contributed by atoms with Gasteiger partial charge in [-0.25, -0.2) is 4.98 Å². The zero-order valence-electron chi connectivity index (χ0n) is 10.8. The summed E-state index contributed by atoms with van der Waals surface area (Å²) in [7, 11) is 0. The third kappa shape index (κ3) is 9.05. The SMILES string of the molecule is Cl.O=C(O)CCCCCCCCCn1ccnc1. The second-order valence-corrected chi connectivity index (χ2v) is 4.42. The Balaban J connectivity index is 0.00000289. The number of halogens is 1. The molecule has 0 aliphatic heterocycles. The number of carboxylic acid groups (broad SMARTS) is 1. The number of aliphatic carboxylic acids is 1. The molecule has 104 valence electrons. The third-order valence-corrected chi connectivity index (χ3v) is 2.87. The fraction of sp³-hybridized carbons (Fsp3) is 0.692. The molecule has 0 atom stereocenters. The maximum atomic E-state index is 10.3. The van der Waals surface area contributed by atoms with Crippen molar-refractivity contribution in [1.82, 2.24) is 9.55 Å². The molecular weight excluding hydrogens is 252 g/mol. The van der Waals surface area contributed by atoms with Crippen LogP contribution in [0.15, 0.2) is 18.7 Å². The highest BCUT2D eigenvalue weighted by molar-refractivity contribution is 5.85. The number of carbonyl (C=O) groups is 1. The summed E-state index contributed by atoms with van der Waals surface area (Å²) in [5.41, 5.74) is 0. The second-order valence-electron chi connectivity index (χ2n) is 4.42. The summed E-state index contributed by atoms with van der Waals surface area (Å²) in [5.74, 6) is -0.676. The fourth-order valence-electron chi connectivity index (χ4n) is 1.87. The van der Waals surface area contributed by atoms with Gasteiger partial charge in [-0.3, -0.25) is 4.79 Å². The summed E-state index contributed by atoms with van der Waals surface area (Å²) in [6, 6.07) is 0. The molecular formula is C13H23ClN2O2. The van der Waals surface area contributed by atoms with Gasteiger partial charge in [0, 0.05) is 25.4 Å². The Hall–Kier alpha value is -1.03. The van der Waals surface area contributed by atoms with Crippen molar-refractivity contribution in [3.8, 4) is 0 Å². The summed E-state index contributed by atoms with van der Waals surface area (Å²) >= 11 is 0. The Morgan fingerprint density at radius 1 is 1.06 bits per heavy atom. The van der Waals surface area contributed by atoms with Gasteiger partial charge in [0.15, 0.2) is 0 Å². The molecule has 0 saturated heterocycles. The number of rotatable bonds is 10. The van der Waals surface area contributed by atoms with Crippen LogP contribution in [0.4, 0.5) is 0 Å². The lowest BCUT2D eigenvalue weighted by atomic mass is 10.1. The van der Waals surface area contributed by atoms with Crippen molar-refractivity contribution in [3.05, 3.63) is 18.7 Å². The molecule has 0 unspecified atom stereocenters. The van der Waals surface area contributed by atoms with Gasteiger partial charge in [0.05, 0.1) is 6.33 Å². The van der Waals surface area contributed by atoms with Crippen LogP contribution in [-0.4, -0.2) is 20.6 Å². The van der Waals surface area contributed by atoms with E-state index in [0.29, 0.717) is 6.42 Å². The van der Waals surface area contributed by atoms with Crippen molar-refractivity contribution in [1.29, 1.82) is 0 Å². The zero-order valence-corrected chi connectivity index (χ0v) is 11.6. The van der Waals surface area contributed by atoms with E-state index in [9.17, 15) is 4.79 Å². The minimum atomic E-state index is -0.676. The normalized spacial score (nSPS) is 10.0. The number of hydrogen-bond donors (Lipinski definition) is 1. The number of nitrogens with zero attached hydrogens (tertiary/aromatic N) is 2. The number of unbranched alkanes of at least 4 members (excludes halogenated alkanes) is 6. The Labute approximate surface area is 115 Å². The summed E-state index contributed by atoms with van der Waals surface area (Å²) in [5, 5.41) is 8.47. The Bertz CT molecular complexity index is 302. The highest BCUT2D eigenvalue weighted by Crippen LogP contribution is 2.09. The van der Waals surface area contributed by atoms with Crippen LogP contribution < -0.4 is 0 Å². The molecule has 0 fully saturated rings. The van der Waals surface area contributed by atoms with E-state index in [-0.39, 0.29) is 12.4 Å². The van der Waals surface area contributed by atoms with Crippen LogP contribution >= 0.6 is 12.4 Å². The summed E-state index contributed by atoms with van der Waals surface area (Å²) in [6.45, 7) is 1.05. The third-order valence-electron chi connectivity index (χ3n) is 2.87. The molecule has 1 heterocycles. The number of aryl methyl sites for hydroxylation is 1. The van der Waals surface area contributed by atoms with E-state index in [4.69, 9.17) is 5.11 Å². The Morgan fingerprint density at radius 3 is 2.22 bits per heavy atom. The van der Waals surface area contributed by atoms with Crippen LogP contribution in [0.2, 0.25) is 0 Å². The number of carboxylic acids is 1. The van der Waals surface area contributed by atoms with E-state index in [0.717, 1.165) is 19.4 Å². The minimum Gasteiger partial charge on any atom is -0.481 e. The quantitative estimate of drug-likeness (QED) is 0.664. The van der Waals surface area contributed by atoms with Gasteiger partial charge >= 0.3 is 5.97 Å². The highest BCUT2D eigenvalue weighted by atomic mass is 35.5. The first-order valence-corrected chi connectivity index (χ1v) is 6.46. The largest absolute Gasteiger partial charge is 0.481 e. The van der Waals surface area contributed by atoms with Gasteiger partial charge in [-0.15, -0.1) is 12.4 Å². The maximum absolute atomic E-state index is 10.3. The number of hydrogen-bond acceptors (Lipinski definition) is 2. The van der Waals surface area contributed by atoms with E-state index >= 15 is 0 Å². The van der Waals surface area contributed by atoms with E-state index in [1.165, 1.54) is 32.1 Å². The molecule has 1 aromatic rings. The standard InChI is InChI=1S/C13H22N2O2.ClH/c16-13(17)8-6-4-2-1-3-5-7-10-15-11-9-14-12-15;/h9,11-12H,1-8,10H2,(H,16,17);1H. The van der Waals surface area contributed by atoms with Crippen LogP contribution in [-0.2, 0) is 11.3 Å². The lowest BCUT2D eigenvalue weighted by Gasteiger charge is -2.02. The van der Waals surface area contributed by atoms with Gasteiger partial charge in [-0.05, 0) is 12.8 Å². The van der Waals surface area contributed by atoms with Crippen LogP contribution in [0.25, 0.3) is 0 Å². The van der Waals surface area contributed by atoms with E-state index in [1.807, 2.05) is 18.7 Å². The van der Waals surface area contributed by atoms with E-state index in [1.54, 1.807) is 0 Å². The highest BCUT2D eigenvalue weighted by Gasteiger charge is 1.96. The molecule has 0 spiro atoms. The molecule has 0 aliphatic rings. The second kappa shape index (κ2) is 11.1. The number of aromatic nitrogens is 2. The average Bonchev–Trinajstić information content (AvgIpc) is 2.79. The molecule has 18 heavy (non-hydrogen) atoms. The van der Waals surface area contributed by atoms with Crippen molar-refractivity contribution in [3.63, 3.8) is 0 Å². The minimum absolute atomic E-state index is 0. The van der Waals surface area contributed by atoms with Gasteiger partial charge in [-0.1, -0.05) is 32.1 Å². The van der Waals surface area contributed by atoms with E-state index in [2.05, 4.69) is 9.55 Å². The predicted octanol–water partition coefficient (Wildman–Crippen LogP) is 3.51. The van der Waals surface area contributed by atoms with Gasteiger partial charge in [0.25, 0.3) is 0 Å². The molecule has 1 aromatic heterocycles. The maximum Gasteiger partial charge on any atom is 0.303 e. The fourth-order valence-corrected chi connectivity index (χ4v) is 1.87. The van der Waals surface area contributed by atoms with Crippen molar-refractivity contribution in [2.75, 3.05) is 0 Å². The summed E-state index contributed by atoms with van der Waals surface area (Å²) < 4.78 is 2.10. The summed E-state index contributed by atoms with van der Waals surface area (Å²) in [6.07, 6.45) is 13.9. The van der Waals surface area contributed by atoms with Crippen molar-refractivity contribution in [2.45, 2.75) is 57.9 Å². The van der Waals surface area contributed by atoms with Gasteiger partial charge in [0.2, 0.25) is 0 Å². The molecule has 1 N–H and O–H groups in total. The van der Waals surface area contributed by atoms with Crippen LogP contribution in [0.1, 0.15) is 51.4 Å². The van der Waals surface area contributed by atoms with Crippen molar-refractivity contribution < 1.29 is 9.90 Å². The molecule has 0 amide bonds. The Morgan fingerprint density at radius 2 is 1.67 bits per heavy atom. The molecule has 4 nitrogen and oxygen atoms in total. The summed E-state index contributed by atoms with van der Waals surface area (Å²) in [4.78, 5) is 14.3. The number of imidazole rings is 1. The monoisotopic (exact) mass is 274 g/mol. The lowest BCUT2D eigenvalue weighted by Crippen LogP contribution is -1.94. The molecule has 0 aromatic carbocycles. The zero-order chi connectivity index (χ0) is 12.3. The molecule has 0 saturated carbocycles.